The lowest BCUT2D eigenvalue weighted by molar-refractivity contribution is -0.182. The van der Waals surface area contributed by atoms with Crippen LogP contribution >= 0.6 is 0 Å². The average molecular weight is 373 g/mol. The van der Waals surface area contributed by atoms with Crippen molar-refractivity contribution >= 4 is 17.2 Å². The fraction of sp³-hybridized carbons (Fsp3) is 0.294. The maximum Gasteiger partial charge on any atom is 0.396 e. The molecule has 0 aliphatic heterocycles. The van der Waals surface area contributed by atoms with E-state index in [1.807, 2.05) is 16.7 Å². The zero-order valence-corrected chi connectivity index (χ0v) is 14.0. The van der Waals surface area contributed by atoms with Gasteiger partial charge in [0.1, 0.15) is 0 Å². The van der Waals surface area contributed by atoms with E-state index >= 15 is 0 Å². The van der Waals surface area contributed by atoms with E-state index in [0.29, 0.717) is 5.78 Å². The van der Waals surface area contributed by atoms with Crippen molar-refractivity contribution in [2.45, 2.75) is 19.0 Å². The van der Waals surface area contributed by atoms with Crippen molar-refractivity contribution in [3.63, 3.8) is 0 Å². The Bertz CT molecular complexity index is 1140. The van der Waals surface area contributed by atoms with Crippen LogP contribution in [-0.2, 0) is 0 Å². The second-order valence-electron chi connectivity index (χ2n) is 6.75. The molecule has 0 radical (unpaired) electrons. The number of hydrogen-bond acceptors (Lipinski definition) is 5. The van der Waals surface area contributed by atoms with Crippen LogP contribution in [0.25, 0.3) is 22.4 Å². The quantitative estimate of drug-likeness (QED) is 0.595. The van der Waals surface area contributed by atoms with Gasteiger partial charge >= 0.3 is 6.18 Å². The van der Waals surface area contributed by atoms with Crippen LogP contribution < -0.4 is 5.32 Å². The topological polar surface area (TPSA) is 72.4 Å². The molecular weight excluding hydrogens is 359 g/mol. The van der Waals surface area contributed by atoms with Crippen LogP contribution in [0, 0.1) is 5.41 Å². The molecule has 1 aliphatic rings. The third kappa shape index (κ3) is 2.59. The molecule has 1 N–H and O–H groups in total. The zero-order valence-electron chi connectivity index (χ0n) is 14.0. The number of aromatic nitrogens is 6. The molecule has 0 bridgehead atoms. The van der Waals surface area contributed by atoms with Gasteiger partial charge in [-0.15, -0.1) is 5.10 Å². The second-order valence-corrected chi connectivity index (χ2v) is 6.75. The molecule has 4 aromatic heterocycles. The minimum Gasteiger partial charge on any atom is -0.352 e. The van der Waals surface area contributed by atoms with Crippen molar-refractivity contribution in [3.8, 4) is 11.1 Å². The first-order chi connectivity index (χ1) is 13.0. The molecule has 0 spiro atoms. The van der Waals surface area contributed by atoms with Crippen LogP contribution in [0.5, 0.6) is 0 Å². The van der Waals surface area contributed by atoms with Crippen molar-refractivity contribution in [2.75, 3.05) is 11.9 Å². The average Bonchev–Trinajstić information content (AvgIpc) is 3.12. The molecule has 0 amide bonds. The summed E-state index contributed by atoms with van der Waals surface area (Å²) in [6.07, 6.45) is 6.49. The number of nitrogens with one attached hydrogen (secondary N) is 1. The van der Waals surface area contributed by atoms with Gasteiger partial charge in [-0.05, 0) is 18.9 Å². The molecule has 0 aromatic carbocycles. The lowest BCUT2D eigenvalue weighted by Crippen LogP contribution is -2.32. The van der Waals surface area contributed by atoms with E-state index in [1.165, 1.54) is 0 Å². The Morgan fingerprint density at radius 2 is 1.96 bits per heavy atom. The highest BCUT2D eigenvalue weighted by Crippen LogP contribution is 2.57. The van der Waals surface area contributed by atoms with Crippen LogP contribution in [0.2, 0.25) is 0 Å². The molecule has 0 unspecified atom stereocenters. The van der Waals surface area contributed by atoms with Gasteiger partial charge in [0, 0.05) is 48.7 Å². The number of hydrogen-bond donors (Lipinski definition) is 1. The van der Waals surface area contributed by atoms with Gasteiger partial charge in [0.05, 0.1) is 17.1 Å². The first kappa shape index (κ1) is 16.0. The summed E-state index contributed by atoms with van der Waals surface area (Å²) < 4.78 is 42.5. The van der Waals surface area contributed by atoms with Gasteiger partial charge in [0.2, 0.25) is 11.7 Å². The van der Waals surface area contributed by atoms with E-state index in [2.05, 4.69) is 25.4 Å². The van der Waals surface area contributed by atoms with E-state index in [0.717, 1.165) is 16.6 Å². The molecular formula is C17H14F3N7. The summed E-state index contributed by atoms with van der Waals surface area (Å²) in [7, 11) is 0. The van der Waals surface area contributed by atoms with Gasteiger partial charge in [0.25, 0.3) is 0 Å². The SMILES string of the molecule is FC(F)(F)C1(CNc2ncc3c(-c4cnc5nccn5c4)ccn3n2)CC1. The van der Waals surface area contributed by atoms with E-state index < -0.39 is 11.6 Å². The minimum atomic E-state index is -4.20. The molecule has 5 rings (SSSR count). The molecule has 4 heterocycles. The second kappa shape index (κ2) is 5.41. The predicted octanol–water partition coefficient (Wildman–Crippen LogP) is 3.19. The smallest absolute Gasteiger partial charge is 0.352 e. The van der Waals surface area contributed by atoms with Crippen LogP contribution in [0.3, 0.4) is 0 Å². The van der Waals surface area contributed by atoms with Gasteiger partial charge < -0.3 is 5.32 Å². The summed E-state index contributed by atoms with van der Waals surface area (Å²) in [5, 5.41) is 7.00. The Labute approximate surface area is 150 Å². The molecule has 4 aromatic rings. The maximum atomic E-state index is 13.0. The van der Waals surface area contributed by atoms with Crippen LogP contribution in [0.15, 0.2) is 43.2 Å². The fourth-order valence-electron chi connectivity index (χ4n) is 3.14. The third-order valence-corrected chi connectivity index (χ3v) is 5.01. The largest absolute Gasteiger partial charge is 0.396 e. The first-order valence-electron chi connectivity index (χ1n) is 8.39. The van der Waals surface area contributed by atoms with Gasteiger partial charge in [-0.2, -0.15) is 13.2 Å². The number of anilines is 1. The number of halogens is 3. The highest BCUT2D eigenvalue weighted by Gasteiger charge is 2.62. The summed E-state index contributed by atoms with van der Waals surface area (Å²) in [5.74, 6) is 0.770. The highest BCUT2D eigenvalue weighted by molar-refractivity contribution is 5.79. The highest BCUT2D eigenvalue weighted by atomic mass is 19.4. The number of alkyl halides is 3. The lowest BCUT2D eigenvalue weighted by Gasteiger charge is -2.19. The van der Waals surface area contributed by atoms with E-state index in [4.69, 9.17) is 0 Å². The zero-order chi connectivity index (χ0) is 18.6. The van der Waals surface area contributed by atoms with Crippen molar-refractivity contribution < 1.29 is 13.2 Å². The Morgan fingerprint density at radius 3 is 2.74 bits per heavy atom. The van der Waals surface area contributed by atoms with Gasteiger partial charge in [-0.1, -0.05) is 0 Å². The van der Waals surface area contributed by atoms with Crippen molar-refractivity contribution in [1.29, 1.82) is 0 Å². The molecule has 138 valence electrons. The molecule has 1 saturated carbocycles. The number of nitrogens with zero attached hydrogens (tertiary/aromatic N) is 6. The Hall–Kier alpha value is -3.17. The molecule has 7 nitrogen and oxygen atoms in total. The Morgan fingerprint density at radius 1 is 1.11 bits per heavy atom. The molecule has 0 saturated heterocycles. The summed E-state index contributed by atoms with van der Waals surface area (Å²) in [5.41, 5.74) is 0.831. The molecule has 1 fully saturated rings. The van der Waals surface area contributed by atoms with Crippen molar-refractivity contribution in [1.82, 2.24) is 29.0 Å². The summed E-state index contributed by atoms with van der Waals surface area (Å²) >= 11 is 0. The van der Waals surface area contributed by atoms with Gasteiger partial charge in [-0.3, -0.25) is 4.40 Å². The Kier molecular flexibility index (Phi) is 3.22. The first-order valence-corrected chi connectivity index (χ1v) is 8.39. The van der Waals surface area contributed by atoms with E-state index in [-0.39, 0.29) is 25.3 Å². The normalized spacial score (nSPS) is 16.1. The van der Waals surface area contributed by atoms with Gasteiger partial charge in [-0.25, -0.2) is 19.5 Å². The summed E-state index contributed by atoms with van der Waals surface area (Å²) in [6.45, 7) is -0.211. The van der Waals surface area contributed by atoms with E-state index in [1.54, 1.807) is 35.5 Å². The summed E-state index contributed by atoms with van der Waals surface area (Å²) in [6, 6.07) is 1.87. The molecule has 1 aliphatic carbocycles. The maximum absolute atomic E-state index is 13.0. The van der Waals surface area contributed by atoms with Gasteiger partial charge in [0.15, 0.2) is 0 Å². The number of imidazole rings is 1. The van der Waals surface area contributed by atoms with Crippen molar-refractivity contribution in [2.24, 2.45) is 5.41 Å². The van der Waals surface area contributed by atoms with E-state index in [9.17, 15) is 13.2 Å². The monoisotopic (exact) mass is 373 g/mol. The summed E-state index contributed by atoms with van der Waals surface area (Å²) in [4.78, 5) is 12.6. The van der Waals surface area contributed by atoms with Crippen LogP contribution in [-0.4, -0.2) is 41.7 Å². The van der Waals surface area contributed by atoms with Crippen LogP contribution in [0.4, 0.5) is 19.1 Å². The molecule has 27 heavy (non-hydrogen) atoms. The number of rotatable bonds is 4. The van der Waals surface area contributed by atoms with Crippen molar-refractivity contribution in [3.05, 3.63) is 43.2 Å². The van der Waals surface area contributed by atoms with Crippen LogP contribution in [0.1, 0.15) is 12.8 Å². The molecule has 10 heteroatoms. The lowest BCUT2D eigenvalue weighted by atomic mass is 10.1. The third-order valence-electron chi connectivity index (χ3n) is 5.01. The predicted molar refractivity (Wildman–Crippen MR) is 91.2 cm³/mol. The standard InChI is InChI=1S/C17H14F3N7/c18-17(19,20)16(2-3-16)10-24-14-22-8-13-12(1-5-27(13)25-14)11-7-23-15-21-4-6-26(15)9-11/h1,4-9H,2-3,10H2,(H,24,25). The fourth-order valence-corrected chi connectivity index (χ4v) is 3.14. The Balaban J connectivity index is 1.43. The molecule has 0 atom stereocenters. The number of fused-ring (bicyclic) bond motifs is 2. The minimum absolute atomic E-state index is 0.142.